The lowest BCUT2D eigenvalue weighted by Gasteiger charge is -2.44. The first-order valence-electron chi connectivity index (χ1n) is 12.9. The van der Waals surface area contributed by atoms with Crippen LogP contribution in [0, 0.1) is 29.3 Å². The fourth-order valence-electron chi connectivity index (χ4n) is 5.91. The number of amides is 1. The third-order valence-corrected chi connectivity index (χ3v) is 11.4. The van der Waals surface area contributed by atoms with Gasteiger partial charge in [-0.25, -0.2) is 34.7 Å². The Labute approximate surface area is 245 Å². The second-order valence-corrected chi connectivity index (χ2v) is 15.4. The normalized spacial score (nSPS) is 25.7. The lowest BCUT2D eigenvalue weighted by atomic mass is 9.71. The van der Waals surface area contributed by atoms with Gasteiger partial charge in [0, 0.05) is 36.3 Å². The van der Waals surface area contributed by atoms with Crippen molar-refractivity contribution >= 4 is 43.1 Å². The molecule has 16 heteroatoms. The number of aliphatic hydroxyl groups excluding tert-OH is 2. The van der Waals surface area contributed by atoms with Gasteiger partial charge in [-0.05, 0) is 55.7 Å². The van der Waals surface area contributed by atoms with Gasteiger partial charge in [0.25, 0.3) is 5.91 Å². The first-order valence-corrected chi connectivity index (χ1v) is 16.8. The zero-order valence-electron chi connectivity index (χ0n) is 22.2. The summed E-state index contributed by atoms with van der Waals surface area (Å²) in [7, 11) is -7.79. The molecule has 2 bridgehead atoms. The molecule has 0 aliphatic heterocycles. The molecule has 2 aromatic rings. The van der Waals surface area contributed by atoms with Gasteiger partial charge < -0.3 is 20.6 Å². The number of sulfonamides is 1. The van der Waals surface area contributed by atoms with Crippen LogP contribution in [0.15, 0.2) is 35.2 Å². The Bertz CT molecular complexity index is 1550. The fraction of sp³-hybridized carbons (Fsp3) is 0.500. The maximum Gasteiger partial charge on any atom is 0.255 e. The number of hydrogen-bond acceptors (Lipinski definition) is 8. The first-order chi connectivity index (χ1) is 19.4. The van der Waals surface area contributed by atoms with Crippen LogP contribution in [0.1, 0.15) is 42.5 Å². The molecule has 2 aliphatic carbocycles. The quantitative estimate of drug-likeness (QED) is 0.243. The maximum absolute atomic E-state index is 13.7. The van der Waals surface area contributed by atoms with Crippen LogP contribution in [0.25, 0.3) is 0 Å². The van der Waals surface area contributed by atoms with Gasteiger partial charge in [-0.15, -0.1) is 0 Å². The molecule has 2 aliphatic rings. The average molecular weight is 655 g/mol. The second kappa shape index (κ2) is 12.0. The molecule has 2 fully saturated rings. The van der Waals surface area contributed by atoms with Crippen LogP contribution in [0.2, 0.25) is 5.02 Å². The highest BCUT2D eigenvalue weighted by atomic mass is 35.5. The summed E-state index contributed by atoms with van der Waals surface area (Å²) < 4.78 is 92.4. The zero-order chi connectivity index (χ0) is 31.2. The van der Waals surface area contributed by atoms with Crippen LogP contribution in [0.5, 0.6) is 0 Å². The minimum absolute atomic E-state index is 0.000619. The number of sulfone groups is 1. The molecule has 0 radical (unpaired) electrons. The molecule has 42 heavy (non-hydrogen) atoms. The molecule has 1 amide bonds. The Hall–Kier alpha value is -2.27. The van der Waals surface area contributed by atoms with E-state index in [2.05, 4.69) is 10.0 Å². The van der Waals surface area contributed by atoms with Gasteiger partial charge in [-0.3, -0.25) is 4.79 Å². The van der Waals surface area contributed by atoms with Crippen molar-refractivity contribution in [2.24, 2.45) is 11.8 Å². The summed E-state index contributed by atoms with van der Waals surface area (Å²) in [6, 6.07) is 4.57. The minimum atomic E-state index is -4.17. The number of anilines is 1. The standard InChI is InChI=1S/C26H30ClF3N2O8S2/c1-41(37,38)31-12-22(34)21(33)11-26(36)14-3-4-15(26)8-17(7-14)42(39,40)23-6-13(2-5-18(23)27)25(35)32-16-9-19(28)24(30)20(29)10-16/h2,5-6,9-10,14-15,17,21-22,31,33-34,36H,3-4,7-8,11-12H2,1H3,(H,32,35)/t14-,15?,17?,21?,22?,26?/m0/s1. The molecule has 5 unspecified atom stereocenters. The smallest absolute Gasteiger partial charge is 0.255 e. The Kier molecular flexibility index (Phi) is 9.34. The van der Waals surface area contributed by atoms with Crippen molar-refractivity contribution in [3.8, 4) is 0 Å². The number of benzene rings is 2. The van der Waals surface area contributed by atoms with Gasteiger partial charge in [0.05, 0.1) is 39.2 Å². The number of fused-ring (bicyclic) bond motifs is 2. The maximum atomic E-state index is 13.7. The van der Waals surface area contributed by atoms with E-state index < -0.39 is 90.3 Å². The summed E-state index contributed by atoms with van der Waals surface area (Å²) in [5.41, 5.74) is -2.08. The molecule has 0 heterocycles. The zero-order valence-corrected chi connectivity index (χ0v) is 24.6. The predicted molar refractivity (Wildman–Crippen MR) is 147 cm³/mol. The summed E-state index contributed by atoms with van der Waals surface area (Å²) in [6.07, 6.45) is -1.46. The number of aliphatic hydroxyl groups is 3. The topological polar surface area (TPSA) is 170 Å². The van der Waals surface area contributed by atoms with E-state index >= 15 is 0 Å². The number of carbonyl (C=O) groups is 1. The summed E-state index contributed by atoms with van der Waals surface area (Å²) >= 11 is 6.22. The average Bonchev–Trinajstić information content (AvgIpc) is 3.05. The third kappa shape index (κ3) is 6.77. The van der Waals surface area contributed by atoms with Crippen molar-refractivity contribution in [3.05, 3.63) is 58.4 Å². The van der Waals surface area contributed by atoms with Gasteiger partial charge in [-0.1, -0.05) is 11.6 Å². The highest BCUT2D eigenvalue weighted by Crippen LogP contribution is 2.54. The predicted octanol–water partition coefficient (Wildman–Crippen LogP) is 2.36. The molecule has 0 spiro atoms. The van der Waals surface area contributed by atoms with Crippen LogP contribution >= 0.6 is 11.6 Å². The third-order valence-electron chi connectivity index (χ3n) is 8.09. The first kappa shape index (κ1) is 32.6. The molecule has 10 nitrogen and oxygen atoms in total. The number of rotatable bonds is 10. The highest BCUT2D eigenvalue weighted by Gasteiger charge is 2.56. The molecule has 0 aromatic heterocycles. The monoisotopic (exact) mass is 654 g/mol. The number of carbonyl (C=O) groups excluding carboxylic acids is 1. The van der Waals surface area contributed by atoms with Crippen LogP contribution in [0.3, 0.4) is 0 Å². The van der Waals surface area contributed by atoms with Crippen LogP contribution in [-0.4, -0.2) is 73.9 Å². The van der Waals surface area contributed by atoms with Crippen molar-refractivity contribution in [2.45, 2.75) is 60.1 Å². The van der Waals surface area contributed by atoms with Crippen molar-refractivity contribution in [1.29, 1.82) is 0 Å². The summed E-state index contributed by atoms with van der Waals surface area (Å²) in [4.78, 5) is 12.4. The Morgan fingerprint density at radius 1 is 1.02 bits per heavy atom. The molecule has 5 N–H and O–H groups in total. The van der Waals surface area contributed by atoms with E-state index in [9.17, 15) is 50.1 Å². The fourth-order valence-corrected chi connectivity index (χ4v) is 8.79. The van der Waals surface area contributed by atoms with Crippen molar-refractivity contribution in [3.63, 3.8) is 0 Å². The highest BCUT2D eigenvalue weighted by molar-refractivity contribution is 7.92. The molecule has 2 aromatic carbocycles. The largest absolute Gasteiger partial charge is 0.390 e. The summed E-state index contributed by atoms with van der Waals surface area (Å²) in [5, 5.41) is 33.2. The molecular formula is C26H30ClF3N2O8S2. The van der Waals surface area contributed by atoms with E-state index in [0.29, 0.717) is 25.0 Å². The van der Waals surface area contributed by atoms with Gasteiger partial charge in [-0.2, -0.15) is 0 Å². The van der Waals surface area contributed by atoms with Gasteiger partial charge in [0.1, 0.15) is 0 Å². The lowest BCUT2D eigenvalue weighted by molar-refractivity contribution is -0.108. The molecule has 4 rings (SSSR count). The minimum Gasteiger partial charge on any atom is -0.390 e. The van der Waals surface area contributed by atoms with Crippen molar-refractivity contribution in [2.75, 3.05) is 18.1 Å². The Morgan fingerprint density at radius 3 is 2.14 bits per heavy atom. The molecule has 0 saturated heterocycles. The summed E-state index contributed by atoms with van der Waals surface area (Å²) in [6.45, 7) is -0.462. The summed E-state index contributed by atoms with van der Waals surface area (Å²) in [5.74, 6) is -6.81. The van der Waals surface area contributed by atoms with E-state index in [0.717, 1.165) is 12.3 Å². The van der Waals surface area contributed by atoms with E-state index in [4.69, 9.17) is 11.6 Å². The van der Waals surface area contributed by atoms with E-state index in [1.807, 2.05) is 0 Å². The van der Waals surface area contributed by atoms with E-state index in [1.54, 1.807) is 0 Å². The molecule has 6 atom stereocenters. The number of halogens is 4. The number of nitrogens with one attached hydrogen (secondary N) is 2. The van der Waals surface area contributed by atoms with Crippen molar-refractivity contribution < 1.29 is 50.1 Å². The number of hydrogen-bond donors (Lipinski definition) is 5. The van der Waals surface area contributed by atoms with Gasteiger partial charge in [0.15, 0.2) is 27.3 Å². The van der Waals surface area contributed by atoms with Gasteiger partial charge >= 0.3 is 0 Å². The Morgan fingerprint density at radius 2 is 1.60 bits per heavy atom. The molecule has 2 saturated carbocycles. The van der Waals surface area contributed by atoms with Crippen LogP contribution < -0.4 is 10.0 Å². The van der Waals surface area contributed by atoms with Crippen molar-refractivity contribution in [1.82, 2.24) is 4.72 Å². The van der Waals surface area contributed by atoms with Crippen LogP contribution in [0.4, 0.5) is 18.9 Å². The van der Waals surface area contributed by atoms with E-state index in [1.165, 1.54) is 12.1 Å². The molecular weight excluding hydrogens is 625 g/mol. The van der Waals surface area contributed by atoms with Gasteiger partial charge in [0.2, 0.25) is 10.0 Å². The van der Waals surface area contributed by atoms with Crippen LogP contribution in [-0.2, 0) is 19.9 Å². The molecule has 232 valence electrons. The lowest BCUT2D eigenvalue weighted by Crippen LogP contribution is -2.52. The Balaban J connectivity index is 1.50. The SMILES string of the molecule is CS(=O)(=O)NCC(O)C(O)CC1(O)C2CC[C@H]1CC(S(=O)(=O)c1cc(C(=O)Nc3cc(F)c(F)c(F)c3)ccc1Cl)C2. The second-order valence-electron chi connectivity index (χ2n) is 10.9. The van der Waals surface area contributed by atoms with E-state index in [-0.39, 0.29) is 34.7 Å².